The second-order valence-electron chi connectivity index (χ2n) is 5.73. The molecule has 5 heteroatoms. The van der Waals surface area contributed by atoms with Gasteiger partial charge in [-0.25, -0.2) is 9.59 Å². The summed E-state index contributed by atoms with van der Waals surface area (Å²) in [5.74, 6) is 0.955. The first kappa shape index (κ1) is 14.6. The normalized spacial score (nSPS) is 25.9. The second-order valence-corrected chi connectivity index (χ2v) is 5.73. The number of likely N-dealkylation sites (tertiary alicyclic amines) is 1. The Bertz CT molecular complexity index is 572. The van der Waals surface area contributed by atoms with E-state index in [4.69, 9.17) is 4.74 Å². The van der Waals surface area contributed by atoms with Gasteiger partial charge in [-0.3, -0.25) is 0 Å². The van der Waals surface area contributed by atoms with Gasteiger partial charge < -0.3 is 14.4 Å². The molecule has 1 saturated carbocycles. The molecule has 0 aromatic heterocycles. The molecule has 0 spiro atoms. The van der Waals surface area contributed by atoms with Gasteiger partial charge in [-0.15, -0.1) is 0 Å². The maximum atomic E-state index is 12.0. The van der Waals surface area contributed by atoms with E-state index in [2.05, 4.69) is 4.74 Å². The van der Waals surface area contributed by atoms with Gasteiger partial charge in [-0.2, -0.15) is 0 Å². The van der Waals surface area contributed by atoms with Crippen molar-refractivity contribution in [3.8, 4) is 0 Å². The van der Waals surface area contributed by atoms with E-state index in [1.54, 1.807) is 4.90 Å². The van der Waals surface area contributed by atoms with E-state index in [-0.39, 0.29) is 12.1 Å². The first-order valence-electron chi connectivity index (χ1n) is 7.41. The van der Waals surface area contributed by atoms with Crippen molar-refractivity contribution in [1.82, 2.24) is 4.90 Å². The number of piperidine rings is 1. The summed E-state index contributed by atoms with van der Waals surface area (Å²) in [5.41, 5.74) is 0.985. The lowest BCUT2D eigenvalue weighted by Crippen LogP contribution is -2.31. The third-order valence-electron chi connectivity index (χ3n) is 4.38. The summed E-state index contributed by atoms with van der Waals surface area (Å²) in [6, 6.07) is 9.64. The van der Waals surface area contributed by atoms with Crippen molar-refractivity contribution >= 4 is 12.1 Å². The maximum Gasteiger partial charge on any atom is 0.410 e. The van der Waals surface area contributed by atoms with E-state index in [1.807, 2.05) is 36.4 Å². The Hall–Kier alpha value is -2.30. The predicted octanol–water partition coefficient (Wildman–Crippen LogP) is 2.23. The van der Waals surface area contributed by atoms with Crippen LogP contribution >= 0.6 is 0 Å². The van der Waals surface area contributed by atoms with Crippen LogP contribution in [0.25, 0.3) is 0 Å². The van der Waals surface area contributed by atoms with Crippen LogP contribution in [-0.4, -0.2) is 37.2 Å². The van der Waals surface area contributed by atoms with Crippen LogP contribution < -0.4 is 0 Å². The zero-order valence-corrected chi connectivity index (χ0v) is 12.5. The Kier molecular flexibility index (Phi) is 4.13. The van der Waals surface area contributed by atoms with Gasteiger partial charge in [-0.1, -0.05) is 36.4 Å². The largest absolute Gasteiger partial charge is 0.466 e. The van der Waals surface area contributed by atoms with Gasteiger partial charge in [0.15, 0.2) is 0 Å². The van der Waals surface area contributed by atoms with Gasteiger partial charge in [0.2, 0.25) is 0 Å². The maximum absolute atomic E-state index is 12.0. The SMILES string of the molecule is COC(=O)/C=C/C1C2CN(C(=O)OCc3ccccc3)CC12. The minimum absolute atomic E-state index is 0.258. The van der Waals surface area contributed by atoms with E-state index < -0.39 is 0 Å². The van der Waals surface area contributed by atoms with Gasteiger partial charge in [0.25, 0.3) is 0 Å². The first-order valence-corrected chi connectivity index (χ1v) is 7.41. The molecule has 2 aliphatic rings. The predicted molar refractivity (Wildman–Crippen MR) is 79.8 cm³/mol. The lowest BCUT2D eigenvalue weighted by Gasteiger charge is -2.18. The molecule has 1 aromatic carbocycles. The Morgan fingerprint density at radius 3 is 2.55 bits per heavy atom. The fraction of sp³-hybridized carbons (Fsp3) is 0.412. The zero-order chi connectivity index (χ0) is 15.5. The van der Waals surface area contributed by atoms with Crippen LogP contribution in [0.1, 0.15) is 5.56 Å². The molecule has 2 fully saturated rings. The van der Waals surface area contributed by atoms with Crippen molar-refractivity contribution in [1.29, 1.82) is 0 Å². The molecule has 1 aromatic rings. The van der Waals surface area contributed by atoms with Crippen molar-refractivity contribution in [2.45, 2.75) is 6.61 Å². The number of fused-ring (bicyclic) bond motifs is 1. The molecular formula is C17H19NO4. The fourth-order valence-electron chi connectivity index (χ4n) is 3.08. The monoisotopic (exact) mass is 301 g/mol. The molecule has 3 rings (SSSR count). The summed E-state index contributed by atoms with van der Waals surface area (Å²) < 4.78 is 9.90. The van der Waals surface area contributed by atoms with Crippen molar-refractivity contribution < 1.29 is 19.1 Å². The zero-order valence-electron chi connectivity index (χ0n) is 12.5. The van der Waals surface area contributed by atoms with E-state index in [1.165, 1.54) is 13.2 Å². The minimum atomic E-state index is -0.330. The molecule has 116 valence electrons. The number of hydrogen-bond acceptors (Lipinski definition) is 4. The number of carbonyl (C=O) groups is 2. The van der Waals surface area contributed by atoms with Crippen molar-refractivity contribution in [2.75, 3.05) is 20.2 Å². The molecule has 1 aliphatic carbocycles. The standard InChI is InChI=1S/C17H19NO4/c1-21-16(19)8-7-13-14-9-18(10-15(13)14)17(20)22-11-12-5-3-2-4-6-12/h2-8,13-15H,9-11H2,1H3/b8-7+. The van der Waals surface area contributed by atoms with Crippen LogP contribution in [-0.2, 0) is 20.9 Å². The van der Waals surface area contributed by atoms with E-state index >= 15 is 0 Å². The van der Waals surface area contributed by atoms with E-state index in [9.17, 15) is 9.59 Å². The molecular weight excluding hydrogens is 282 g/mol. The third-order valence-corrected chi connectivity index (χ3v) is 4.38. The Morgan fingerprint density at radius 2 is 1.91 bits per heavy atom. The average molecular weight is 301 g/mol. The summed E-state index contributed by atoms with van der Waals surface area (Å²) in [5, 5.41) is 0. The molecule has 1 saturated heterocycles. The first-order chi connectivity index (χ1) is 10.7. The molecule has 1 heterocycles. The van der Waals surface area contributed by atoms with Crippen LogP contribution in [0.4, 0.5) is 4.79 Å². The molecule has 2 unspecified atom stereocenters. The van der Waals surface area contributed by atoms with Crippen LogP contribution in [0, 0.1) is 17.8 Å². The van der Waals surface area contributed by atoms with Gasteiger partial charge in [-0.05, 0) is 23.3 Å². The molecule has 1 aliphatic heterocycles. The minimum Gasteiger partial charge on any atom is -0.466 e. The highest BCUT2D eigenvalue weighted by Crippen LogP contribution is 2.52. The quantitative estimate of drug-likeness (QED) is 0.632. The van der Waals surface area contributed by atoms with Crippen LogP contribution in [0.15, 0.2) is 42.5 Å². The van der Waals surface area contributed by atoms with Crippen molar-refractivity contribution in [3.05, 3.63) is 48.0 Å². The van der Waals surface area contributed by atoms with Crippen LogP contribution in [0.5, 0.6) is 0 Å². The van der Waals surface area contributed by atoms with Gasteiger partial charge >= 0.3 is 12.1 Å². The molecule has 22 heavy (non-hydrogen) atoms. The number of allylic oxidation sites excluding steroid dienone is 1. The third kappa shape index (κ3) is 3.13. The smallest absolute Gasteiger partial charge is 0.410 e. The lowest BCUT2D eigenvalue weighted by atomic mass is 10.2. The molecule has 0 bridgehead atoms. The summed E-state index contributed by atoms with van der Waals surface area (Å²) in [7, 11) is 1.37. The highest BCUT2D eigenvalue weighted by Gasteiger charge is 2.55. The fourth-order valence-corrected chi connectivity index (χ4v) is 3.08. The van der Waals surface area contributed by atoms with Crippen LogP contribution in [0.3, 0.4) is 0 Å². The van der Waals surface area contributed by atoms with Crippen LogP contribution in [0.2, 0.25) is 0 Å². The number of ether oxygens (including phenoxy) is 2. The molecule has 0 radical (unpaired) electrons. The molecule has 1 amide bonds. The number of benzene rings is 1. The summed E-state index contributed by atoms with van der Waals surface area (Å²) in [6.07, 6.45) is 3.11. The van der Waals surface area contributed by atoms with E-state index in [0.29, 0.717) is 37.5 Å². The van der Waals surface area contributed by atoms with Gasteiger partial charge in [0.05, 0.1) is 7.11 Å². The number of esters is 1. The van der Waals surface area contributed by atoms with Crippen molar-refractivity contribution in [3.63, 3.8) is 0 Å². The Morgan fingerprint density at radius 1 is 1.23 bits per heavy atom. The summed E-state index contributed by atoms with van der Waals surface area (Å²) in [4.78, 5) is 24.8. The molecule has 5 nitrogen and oxygen atoms in total. The summed E-state index contributed by atoms with van der Waals surface area (Å²) >= 11 is 0. The Balaban J connectivity index is 1.43. The summed E-state index contributed by atoms with van der Waals surface area (Å²) in [6.45, 7) is 1.71. The highest BCUT2D eigenvalue weighted by molar-refractivity contribution is 5.81. The topological polar surface area (TPSA) is 55.8 Å². The van der Waals surface area contributed by atoms with Crippen molar-refractivity contribution in [2.24, 2.45) is 17.8 Å². The molecule has 2 atom stereocenters. The highest BCUT2D eigenvalue weighted by atomic mass is 16.6. The lowest BCUT2D eigenvalue weighted by molar-refractivity contribution is -0.134. The second kappa shape index (κ2) is 6.22. The number of amides is 1. The molecule has 0 N–H and O–H groups in total. The van der Waals surface area contributed by atoms with E-state index in [0.717, 1.165) is 5.56 Å². The number of nitrogens with zero attached hydrogens (tertiary/aromatic N) is 1. The number of rotatable bonds is 4. The number of hydrogen-bond donors (Lipinski definition) is 0. The average Bonchev–Trinajstić information content (AvgIpc) is 3.00. The van der Waals surface area contributed by atoms with Gasteiger partial charge in [0.1, 0.15) is 6.61 Å². The number of methoxy groups -OCH3 is 1. The van der Waals surface area contributed by atoms with Gasteiger partial charge in [0, 0.05) is 19.2 Å². The number of carbonyl (C=O) groups excluding carboxylic acids is 2. The Labute approximate surface area is 129 Å².